The number of anilines is 1. The van der Waals surface area contributed by atoms with Crippen LogP contribution in [0.25, 0.3) is 10.8 Å². The zero-order chi connectivity index (χ0) is 18.1. The molecule has 4 rings (SSSR count). The van der Waals surface area contributed by atoms with Crippen LogP contribution >= 0.6 is 0 Å². The smallest absolute Gasteiger partial charge is 0.272 e. The first kappa shape index (κ1) is 16.4. The third-order valence-corrected chi connectivity index (χ3v) is 4.62. The Labute approximate surface area is 150 Å². The minimum Gasteiger partial charge on any atom is -0.497 e. The summed E-state index contributed by atoms with van der Waals surface area (Å²) < 4.78 is 11.2. The van der Waals surface area contributed by atoms with Gasteiger partial charge < -0.3 is 20.1 Å². The summed E-state index contributed by atoms with van der Waals surface area (Å²) in [5.74, 6) is 1.02. The molecule has 3 N–H and O–H groups in total. The molecule has 2 aromatic carbocycles. The van der Waals surface area contributed by atoms with Crippen molar-refractivity contribution < 1.29 is 14.3 Å². The summed E-state index contributed by atoms with van der Waals surface area (Å²) in [6, 6.07) is 13.7. The van der Waals surface area contributed by atoms with E-state index in [0.717, 1.165) is 22.1 Å². The van der Waals surface area contributed by atoms with Crippen LogP contribution in [0.1, 0.15) is 22.2 Å². The van der Waals surface area contributed by atoms with Gasteiger partial charge in [-0.2, -0.15) is 5.10 Å². The number of nitrogens with two attached hydrogens (primary N) is 1. The number of nitrogens with zero attached hydrogens (tertiary/aromatic N) is 2. The SMILES string of the molecule is COc1ccc2cc(C3CN(C(=O)c4cc(N)n[nH]4)CCO3)ccc2c1. The standard InChI is InChI=1S/C19H20N4O3/c1-25-15-5-4-12-8-14(3-2-13(12)9-15)17-11-23(6-7-26-17)19(24)16-10-18(20)22-21-16/h2-5,8-10,17H,6-7,11H2,1H3,(H3,20,21,22). The second kappa shape index (κ2) is 6.68. The molecule has 1 aliphatic heterocycles. The molecule has 0 bridgehead atoms. The van der Waals surface area contributed by atoms with Crippen LogP contribution in [0, 0.1) is 0 Å². The van der Waals surface area contributed by atoms with Crippen LogP contribution in [0.2, 0.25) is 0 Å². The number of amides is 1. The fourth-order valence-corrected chi connectivity index (χ4v) is 3.22. The zero-order valence-electron chi connectivity index (χ0n) is 14.4. The molecule has 1 saturated heterocycles. The molecular weight excluding hydrogens is 332 g/mol. The van der Waals surface area contributed by atoms with Gasteiger partial charge in [-0.1, -0.05) is 18.2 Å². The number of morpholine rings is 1. The summed E-state index contributed by atoms with van der Waals surface area (Å²) in [4.78, 5) is 14.4. The number of aromatic nitrogens is 2. The van der Waals surface area contributed by atoms with E-state index >= 15 is 0 Å². The molecule has 7 nitrogen and oxygen atoms in total. The number of fused-ring (bicyclic) bond motifs is 1. The van der Waals surface area contributed by atoms with Crippen molar-refractivity contribution in [3.05, 3.63) is 53.7 Å². The Hall–Kier alpha value is -3.06. The molecule has 134 valence electrons. The van der Waals surface area contributed by atoms with Crippen LogP contribution < -0.4 is 10.5 Å². The van der Waals surface area contributed by atoms with E-state index in [4.69, 9.17) is 15.2 Å². The second-order valence-electron chi connectivity index (χ2n) is 6.29. The molecule has 1 aromatic heterocycles. The van der Waals surface area contributed by atoms with E-state index in [9.17, 15) is 4.79 Å². The number of nitrogen functional groups attached to an aromatic ring is 1. The summed E-state index contributed by atoms with van der Waals surface area (Å²) in [6.07, 6.45) is -0.167. The number of hydrogen-bond acceptors (Lipinski definition) is 5. The van der Waals surface area contributed by atoms with E-state index in [1.165, 1.54) is 0 Å². The van der Waals surface area contributed by atoms with Gasteiger partial charge in [-0.15, -0.1) is 0 Å². The van der Waals surface area contributed by atoms with E-state index in [-0.39, 0.29) is 12.0 Å². The highest BCUT2D eigenvalue weighted by atomic mass is 16.5. The Morgan fingerprint density at radius 1 is 1.27 bits per heavy atom. The quantitative estimate of drug-likeness (QED) is 0.755. The maximum Gasteiger partial charge on any atom is 0.272 e. The molecule has 7 heteroatoms. The van der Waals surface area contributed by atoms with Gasteiger partial charge in [0.1, 0.15) is 23.4 Å². The second-order valence-corrected chi connectivity index (χ2v) is 6.29. The largest absolute Gasteiger partial charge is 0.497 e. The number of aromatic amines is 1. The Morgan fingerprint density at radius 3 is 2.85 bits per heavy atom. The lowest BCUT2D eigenvalue weighted by Crippen LogP contribution is -2.42. The van der Waals surface area contributed by atoms with Gasteiger partial charge in [-0.05, 0) is 34.5 Å². The van der Waals surface area contributed by atoms with Crippen LogP contribution in [-0.2, 0) is 4.74 Å². The summed E-state index contributed by atoms with van der Waals surface area (Å²) >= 11 is 0. The molecule has 0 saturated carbocycles. The van der Waals surface area contributed by atoms with Gasteiger partial charge in [-0.3, -0.25) is 9.89 Å². The third kappa shape index (κ3) is 3.09. The lowest BCUT2D eigenvalue weighted by atomic mass is 10.0. The first-order valence-corrected chi connectivity index (χ1v) is 8.43. The zero-order valence-corrected chi connectivity index (χ0v) is 14.4. The van der Waals surface area contributed by atoms with E-state index < -0.39 is 0 Å². The van der Waals surface area contributed by atoms with Crippen molar-refractivity contribution in [1.82, 2.24) is 15.1 Å². The number of rotatable bonds is 3. The first-order chi connectivity index (χ1) is 12.6. The molecule has 1 atom stereocenters. The molecule has 26 heavy (non-hydrogen) atoms. The van der Waals surface area contributed by atoms with Crippen molar-refractivity contribution >= 4 is 22.5 Å². The lowest BCUT2D eigenvalue weighted by Gasteiger charge is -2.33. The fraction of sp³-hybridized carbons (Fsp3) is 0.263. The molecular formula is C19H20N4O3. The van der Waals surface area contributed by atoms with Gasteiger partial charge in [0, 0.05) is 12.6 Å². The fourth-order valence-electron chi connectivity index (χ4n) is 3.22. The molecule has 0 radical (unpaired) electrons. The summed E-state index contributed by atoms with van der Waals surface area (Å²) in [6.45, 7) is 1.51. The molecule has 0 spiro atoms. The maximum absolute atomic E-state index is 12.6. The van der Waals surface area contributed by atoms with Gasteiger partial charge in [0.25, 0.3) is 5.91 Å². The van der Waals surface area contributed by atoms with Gasteiger partial charge in [0.05, 0.1) is 20.3 Å². The molecule has 1 aliphatic rings. The predicted octanol–water partition coefficient (Wildman–Crippen LogP) is 2.37. The van der Waals surface area contributed by atoms with Crippen LogP contribution in [0.15, 0.2) is 42.5 Å². The Morgan fingerprint density at radius 2 is 2.08 bits per heavy atom. The van der Waals surface area contributed by atoms with Crippen molar-refractivity contribution in [2.75, 3.05) is 32.5 Å². The molecule has 3 aromatic rings. The topological polar surface area (TPSA) is 93.5 Å². The van der Waals surface area contributed by atoms with Crippen LogP contribution in [-0.4, -0.2) is 47.8 Å². The molecule has 1 amide bonds. The van der Waals surface area contributed by atoms with Crippen molar-refractivity contribution in [1.29, 1.82) is 0 Å². The van der Waals surface area contributed by atoms with Crippen molar-refractivity contribution in [3.63, 3.8) is 0 Å². The van der Waals surface area contributed by atoms with Crippen LogP contribution in [0.5, 0.6) is 5.75 Å². The van der Waals surface area contributed by atoms with E-state index in [1.54, 1.807) is 18.1 Å². The van der Waals surface area contributed by atoms with Gasteiger partial charge in [0.15, 0.2) is 0 Å². The third-order valence-electron chi connectivity index (χ3n) is 4.62. The van der Waals surface area contributed by atoms with Gasteiger partial charge in [-0.25, -0.2) is 0 Å². The number of ether oxygens (including phenoxy) is 2. The van der Waals surface area contributed by atoms with Crippen LogP contribution in [0.4, 0.5) is 5.82 Å². The van der Waals surface area contributed by atoms with Crippen molar-refractivity contribution in [2.24, 2.45) is 0 Å². The Balaban J connectivity index is 1.55. The molecule has 2 heterocycles. The monoisotopic (exact) mass is 352 g/mol. The highest BCUT2D eigenvalue weighted by molar-refractivity contribution is 5.93. The van der Waals surface area contributed by atoms with Crippen molar-refractivity contribution in [2.45, 2.75) is 6.10 Å². The lowest BCUT2D eigenvalue weighted by molar-refractivity contribution is -0.0229. The van der Waals surface area contributed by atoms with E-state index in [1.807, 2.05) is 30.3 Å². The minimum atomic E-state index is -0.167. The van der Waals surface area contributed by atoms with Crippen LogP contribution in [0.3, 0.4) is 0 Å². The van der Waals surface area contributed by atoms with E-state index in [0.29, 0.717) is 31.2 Å². The summed E-state index contributed by atoms with van der Waals surface area (Å²) in [5.41, 5.74) is 7.03. The molecule has 0 aliphatic carbocycles. The number of methoxy groups -OCH3 is 1. The Kier molecular flexibility index (Phi) is 4.22. The van der Waals surface area contributed by atoms with E-state index in [2.05, 4.69) is 16.3 Å². The maximum atomic E-state index is 12.6. The van der Waals surface area contributed by atoms with Crippen molar-refractivity contribution in [3.8, 4) is 5.75 Å². The highest BCUT2D eigenvalue weighted by Crippen LogP contribution is 2.28. The first-order valence-electron chi connectivity index (χ1n) is 8.43. The number of carbonyl (C=O) groups excluding carboxylic acids is 1. The number of H-pyrrole nitrogens is 1. The normalized spacial score (nSPS) is 17.4. The number of hydrogen-bond donors (Lipinski definition) is 2. The average Bonchev–Trinajstić information content (AvgIpc) is 3.13. The number of benzene rings is 2. The summed E-state index contributed by atoms with van der Waals surface area (Å²) in [5, 5.41) is 8.70. The number of nitrogens with one attached hydrogen (secondary N) is 1. The summed E-state index contributed by atoms with van der Waals surface area (Å²) in [7, 11) is 1.66. The van der Waals surface area contributed by atoms with Gasteiger partial charge >= 0.3 is 0 Å². The number of carbonyl (C=O) groups is 1. The molecule has 1 unspecified atom stereocenters. The Bertz CT molecular complexity index is 953. The molecule has 1 fully saturated rings. The van der Waals surface area contributed by atoms with Gasteiger partial charge in [0.2, 0.25) is 0 Å². The average molecular weight is 352 g/mol. The minimum absolute atomic E-state index is 0.118. The highest BCUT2D eigenvalue weighted by Gasteiger charge is 2.27. The predicted molar refractivity (Wildman–Crippen MR) is 98.1 cm³/mol.